The molecule has 0 heterocycles. The largest absolute Gasteiger partial charge is 0.496 e. The Morgan fingerprint density at radius 1 is 0.897 bits per heavy atom. The van der Waals surface area contributed by atoms with E-state index in [-0.39, 0.29) is 30.4 Å². The molecule has 0 fully saturated rings. The van der Waals surface area contributed by atoms with E-state index in [2.05, 4.69) is 5.32 Å². The minimum atomic E-state index is -0.528. The van der Waals surface area contributed by atoms with E-state index >= 15 is 0 Å². The molecule has 1 amide bonds. The van der Waals surface area contributed by atoms with Crippen LogP contribution in [0.1, 0.15) is 33.2 Å². The lowest BCUT2D eigenvalue weighted by Gasteiger charge is -2.12. The highest BCUT2D eigenvalue weighted by molar-refractivity contribution is 5.94. The Hall–Kier alpha value is -3.55. The molecule has 0 saturated carbocycles. The first-order valence-electron chi connectivity index (χ1n) is 8.73. The van der Waals surface area contributed by atoms with Crippen LogP contribution in [-0.4, -0.2) is 45.6 Å². The van der Waals surface area contributed by atoms with Gasteiger partial charge in [-0.25, -0.2) is 4.79 Å². The molecular formula is C21H23NO7. The first-order valence-corrected chi connectivity index (χ1v) is 8.73. The number of Topliss-reactive ketones (excluding diaryl/α,β-unsaturated/α-hetero) is 1. The summed E-state index contributed by atoms with van der Waals surface area (Å²) >= 11 is 0. The summed E-state index contributed by atoms with van der Waals surface area (Å²) in [6.45, 7) is 1.40. The number of hydrogen-bond acceptors (Lipinski definition) is 7. The van der Waals surface area contributed by atoms with Crippen molar-refractivity contribution in [2.45, 2.75) is 13.5 Å². The third-order valence-corrected chi connectivity index (χ3v) is 4.09. The molecule has 0 radical (unpaired) electrons. The number of benzene rings is 2. The zero-order valence-electron chi connectivity index (χ0n) is 16.7. The highest BCUT2D eigenvalue weighted by atomic mass is 16.5. The van der Waals surface area contributed by atoms with Gasteiger partial charge in [-0.05, 0) is 42.8 Å². The Labute approximate surface area is 168 Å². The number of amides is 1. The Bertz CT molecular complexity index is 908. The third-order valence-electron chi connectivity index (χ3n) is 4.09. The lowest BCUT2D eigenvalue weighted by atomic mass is 10.1. The second kappa shape index (κ2) is 10.1. The van der Waals surface area contributed by atoms with Crippen molar-refractivity contribution < 1.29 is 33.3 Å². The summed E-state index contributed by atoms with van der Waals surface area (Å²) in [6, 6.07) is 9.69. The molecule has 0 unspecified atom stereocenters. The molecule has 8 nitrogen and oxygen atoms in total. The summed E-state index contributed by atoms with van der Waals surface area (Å²) in [5, 5.41) is 2.71. The first-order chi connectivity index (χ1) is 13.9. The highest BCUT2D eigenvalue weighted by Crippen LogP contribution is 2.28. The van der Waals surface area contributed by atoms with Crippen molar-refractivity contribution in [3.05, 3.63) is 53.1 Å². The van der Waals surface area contributed by atoms with Gasteiger partial charge in [-0.1, -0.05) is 6.07 Å². The van der Waals surface area contributed by atoms with Crippen LogP contribution >= 0.6 is 0 Å². The van der Waals surface area contributed by atoms with Crippen LogP contribution in [0.5, 0.6) is 17.2 Å². The molecule has 0 aromatic heterocycles. The van der Waals surface area contributed by atoms with Crippen LogP contribution in [0.15, 0.2) is 36.4 Å². The first kappa shape index (κ1) is 21.7. The predicted molar refractivity (Wildman–Crippen MR) is 105 cm³/mol. The van der Waals surface area contributed by atoms with Crippen molar-refractivity contribution in [3.63, 3.8) is 0 Å². The summed E-state index contributed by atoms with van der Waals surface area (Å²) in [7, 11) is 4.19. The minimum absolute atomic E-state index is 0.0987. The van der Waals surface area contributed by atoms with Crippen molar-refractivity contribution in [2.75, 3.05) is 27.9 Å². The van der Waals surface area contributed by atoms with Crippen molar-refractivity contribution in [3.8, 4) is 17.2 Å². The standard InChI is InChI=1S/C21H23NO7/c1-13(23)15-6-8-18(19(10-15)27-3)29-12-20(24)22-11-14-5-7-17(26-2)16(9-14)21(25)28-4/h5-10H,11-12H2,1-4H3,(H,22,24). The molecule has 0 saturated heterocycles. The molecule has 0 bridgehead atoms. The topological polar surface area (TPSA) is 100 Å². The van der Waals surface area contributed by atoms with Crippen LogP contribution in [0.4, 0.5) is 0 Å². The Morgan fingerprint density at radius 2 is 1.59 bits per heavy atom. The maximum atomic E-state index is 12.1. The van der Waals surface area contributed by atoms with Gasteiger partial charge in [0.2, 0.25) is 0 Å². The molecule has 154 valence electrons. The maximum absolute atomic E-state index is 12.1. The molecule has 8 heteroatoms. The van der Waals surface area contributed by atoms with Crippen LogP contribution in [0, 0.1) is 0 Å². The average molecular weight is 401 g/mol. The fourth-order valence-corrected chi connectivity index (χ4v) is 2.54. The van der Waals surface area contributed by atoms with E-state index in [1.807, 2.05) is 0 Å². The van der Waals surface area contributed by atoms with Gasteiger partial charge < -0.3 is 24.3 Å². The van der Waals surface area contributed by atoms with Gasteiger partial charge in [-0.3, -0.25) is 9.59 Å². The fourth-order valence-electron chi connectivity index (χ4n) is 2.54. The van der Waals surface area contributed by atoms with Crippen LogP contribution in [0.25, 0.3) is 0 Å². The summed E-state index contributed by atoms with van der Waals surface area (Å²) in [6.07, 6.45) is 0. The lowest BCUT2D eigenvalue weighted by molar-refractivity contribution is -0.123. The predicted octanol–water partition coefficient (Wildman–Crippen LogP) is 2.39. The van der Waals surface area contributed by atoms with Crippen LogP contribution in [0.3, 0.4) is 0 Å². The van der Waals surface area contributed by atoms with Crippen molar-refractivity contribution in [1.29, 1.82) is 0 Å². The summed E-state index contributed by atoms with van der Waals surface area (Å²) in [4.78, 5) is 35.4. The molecule has 0 atom stereocenters. The van der Waals surface area contributed by atoms with Gasteiger partial charge in [0.1, 0.15) is 11.3 Å². The molecule has 0 aliphatic heterocycles. The van der Waals surface area contributed by atoms with Gasteiger partial charge in [0.15, 0.2) is 23.9 Å². The number of methoxy groups -OCH3 is 3. The fraction of sp³-hybridized carbons (Fsp3) is 0.286. The van der Waals surface area contributed by atoms with Gasteiger partial charge in [0.25, 0.3) is 5.91 Å². The van der Waals surface area contributed by atoms with E-state index in [1.54, 1.807) is 36.4 Å². The van der Waals surface area contributed by atoms with E-state index in [0.717, 1.165) is 0 Å². The van der Waals surface area contributed by atoms with Gasteiger partial charge in [-0.15, -0.1) is 0 Å². The second-order valence-electron chi connectivity index (χ2n) is 6.01. The van der Waals surface area contributed by atoms with Gasteiger partial charge in [0.05, 0.1) is 21.3 Å². The summed E-state index contributed by atoms with van der Waals surface area (Å²) < 4.78 is 20.6. The van der Waals surface area contributed by atoms with Crippen LogP contribution in [0.2, 0.25) is 0 Å². The number of rotatable bonds is 9. The van der Waals surface area contributed by atoms with Crippen LogP contribution < -0.4 is 19.5 Å². The van der Waals surface area contributed by atoms with E-state index in [4.69, 9.17) is 18.9 Å². The molecular weight excluding hydrogens is 378 g/mol. The summed E-state index contributed by atoms with van der Waals surface area (Å²) in [5.74, 6) is 0.112. The van der Waals surface area contributed by atoms with Crippen LogP contribution in [-0.2, 0) is 16.1 Å². The zero-order chi connectivity index (χ0) is 21.4. The molecule has 1 N–H and O–H groups in total. The smallest absolute Gasteiger partial charge is 0.341 e. The highest BCUT2D eigenvalue weighted by Gasteiger charge is 2.14. The number of esters is 1. The average Bonchev–Trinajstić information content (AvgIpc) is 2.75. The number of carbonyl (C=O) groups excluding carboxylic acids is 3. The van der Waals surface area contributed by atoms with Crippen molar-refractivity contribution >= 4 is 17.7 Å². The molecule has 2 aromatic carbocycles. The SMILES string of the molecule is COC(=O)c1cc(CNC(=O)COc2ccc(C(C)=O)cc2OC)ccc1OC. The Balaban J connectivity index is 1.97. The molecule has 2 aromatic rings. The molecule has 0 spiro atoms. The molecule has 2 rings (SSSR count). The number of nitrogens with one attached hydrogen (secondary N) is 1. The molecule has 29 heavy (non-hydrogen) atoms. The summed E-state index contributed by atoms with van der Waals surface area (Å²) in [5.41, 5.74) is 1.45. The Kier molecular flexibility index (Phi) is 7.59. The lowest BCUT2D eigenvalue weighted by Crippen LogP contribution is -2.28. The van der Waals surface area contributed by atoms with Crippen molar-refractivity contribution in [2.24, 2.45) is 0 Å². The van der Waals surface area contributed by atoms with Gasteiger partial charge >= 0.3 is 5.97 Å². The number of ketones is 1. The van der Waals surface area contributed by atoms with E-state index in [9.17, 15) is 14.4 Å². The number of carbonyl (C=O) groups is 3. The Morgan fingerprint density at radius 3 is 2.21 bits per heavy atom. The maximum Gasteiger partial charge on any atom is 0.341 e. The second-order valence-corrected chi connectivity index (χ2v) is 6.01. The van der Waals surface area contributed by atoms with E-state index in [0.29, 0.717) is 28.4 Å². The monoisotopic (exact) mass is 401 g/mol. The van der Waals surface area contributed by atoms with Gasteiger partial charge in [0, 0.05) is 12.1 Å². The minimum Gasteiger partial charge on any atom is -0.496 e. The third kappa shape index (κ3) is 5.71. The number of ether oxygens (including phenoxy) is 4. The zero-order valence-corrected chi connectivity index (χ0v) is 16.7. The number of hydrogen-bond donors (Lipinski definition) is 1. The molecule has 0 aliphatic rings. The van der Waals surface area contributed by atoms with Crippen molar-refractivity contribution in [1.82, 2.24) is 5.32 Å². The van der Waals surface area contributed by atoms with E-state index < -0.39 is 5.97 Å². The van der Waals surface area contributed by atoms with Gasteiger partial charge in [-0.2, -0.15) is 0 Å². The molecule has 0 aliphatic carbocycles. The normalized spacial score (nSPS) is 10.1. The quantitative estimate of drug-likeness (QED) is 0.509. The van der Waals surface area contributed by atoms with E-state index in [1.165, 1.54) is 28.3 Å².